The van der Waals surface area contributed by atoms with Gasteiger partial charge in [-0.3, -0.25) is 14.4 Å². The molecule has 462 valence electrons. The van der Waals surface area contributed by atoms with Gasteiger partial charge in [-0.15, -0.1) is 0 Å². The molecule has 0 aromatic carbocycles. The van der Waals surface area contributed by atoms with Gasteiger partial charge in [0.2, 0.25) is 0 Å². The molecule has 0 aliphatic carbocycles. The molecule has 81 heavy (non-hydrogen) atoms. The van der Waals surface area contributed by atoms with Crippen molar-refractivity contribution in [3.8, 4) is 0 Å². The second-order valence-corrected chi connectivity index (χ2v) is 22.3. The van der Waals surface area contributed by atoms with E-state index >= 15 is 0 Å². The Morgan fingerprint density at radius 1 is 0.259 bits per heavy atom. The first-order chi connectivity index (χ1) is 40.0. The second kappa shape index (κ2) is 68.3. The molecule has 0 heterocycles. The van der Waals surface area contributed by atoms with Crippen molar-refractivity contribution in [1.29, 1.82) is 0 Å². The summed E-state index contributed by atoms with van der Waals surface area (Å²) in [7, 11) is 0. The first-order valence-electron chi connectivity index (χ1n) is 34.0. The number of hydrogen-bond acceptors (Lipinski definition) is 6. The lowest BCUT2D eigenvalue weighted by atomic mass is 10.0. The van der Waals surface area contributed by atoms with Crippen LogP contribution in [-0.2, 0) is 28.6 Å². The van der Waals surface area contributed by atoms with Crippen molar-refractivity contribution in [1.82, 2.24) is 0 Å². The van der Waals surface area contributed by atoms with E-state index in [4.69, 9.17) is 14.2 Å². The van der Waals surface area contributed by atoms with E-state index in [9.17, 15) is 14.4 Å². The fourth-order valence-electron chi connectivity index (χ4n) is 9.44. The van der Waals surface area contributed by atoms with Crippen LogP contribution < -0.4 is 0 Å². The normalized spacial score (nSPS) is 12.9. The number of carbonyl (C=O) groups is 3. The highest BCUT2D eigenvalue weighted by Gasteiger charge is 2.19. The summed E-state index contributed by atoms with van der Waals surface area (Å²) in [5.41, 5.74) is 0. The van der Waals surface area contributed by atoms with Gasteiger partial charge in [0.05, 0.1) is 0 Å². The van der Waals surface area contributed by atoms with Crippen LogP contribution >= 0.6 is 0 Å². The average molecular weight is 1120 g/mol. The van der Waals surface area contributed by atoms with Crippen LogP contribution in [-0.4, -0.2) is 37.2 Å². The van der Waals surface area contributed by atoms with E-state index in [2.05, 4.69) is 142 Å². The smallest absolute Gasteiger partial charge is 0.306 e. The minimum atomic E-state index is -0.795. The Morgan fingerprint density at radius 2 is 0.481 bits per heavy atom. The molecule has 0 bridgehead atoms. The molecule has 1 unspecified atom stereocenters. The summed E-state index contributed by atoms with van der Waals surface area (Å²) in [5, 5.41) is 0. The number of rotatable bonds is 61. The van der Waals surface area contributed by atoms with Gasteiger partial charge in [-0.05, 0) is 109 Å². The quantitative estimate of drug-likeness (QED) is 0.0261. The van der Waals surface area contributed by atoms with E-state index in [0.29, 0.717) is 19.3 Å². The van der Waals surface area contributed by atoms with Gasteiger partial charge in [-0.1, -0.05) is 309 Å². The van der Waals surface area contributed by atoms with Gasteiger partial charge in [0.1, 0.15) is 13.2 Å². The van der Waals surface area contributed by atoms with Crippen LogP contribution in [0.4, 0.5) is 0 Å². The van der Waals surface area contributed by atoms with E-state index in [-0.39, 0.29) is 31.1 Å². The van der Waals surface area contributed by atoms with Crippen molar-refractivity contribution in [3.63, 3.8) is 0 Å². The van der Waals surface area contributed by atoms with E-state index in [1.165, 1.54) is 135 Å². The zero-order valence-electron chi connectivity index (χ0n) is 53.0. The number of esters is 3. The molecule has 0 saturated heterocycles. The molecular weight excluding hydrogens is 997 g/mol. The van der Waals surface area contributed by atoms with Crippen molar-refractivity contribution < 1.29 is 28.6 Å². The summed E-state index contributed by atoms with van der Waals surface area (Å²) in [6, 6.07) is 0. The molecule has 0 fully saturated rings. The Bertz CT molecular complexity index is 1670. The highest BCUT2D eigenvalue weighted by atomic mass is 16.6. The first-order valence-corrected chi connectivity index (χ1v) is 34.0. The maximum Gasteiger partial charge on any atom is 0.306 e. The predicted octanol–water partition coefficient (Wildman–Crippen LogP) is 23.6. The SMILES string of the molecule is CC/C=C\C/C=C\C/C=C\C/C=C\C/C=C\C/C=C\CCCCCCCCCCC(=O)OCC(COC(=O)CCCCCC/C=C\C/C=C\C/C=C\C/C=C\CC)OC(=O)CCCCCCCCCCCCCCCCCCCCC. The molecule has 6 nitrogen and oxygen atoms in total. The Labute approximate surface area is 501 Å². The van der Waals surface area contributed by atoms with Crippen LogP contribution in [0.25, 0.3) is 0 Å². The Balaban J connectivity index is 4.40. The zero-order chi connectivity index (χ0) is 58.5. The van der Waals surface area contributed by atoms with E-state index in [1.54, 1.807) is 0 Å². The fraction of sp³-hybridized carbons (Fsp3) is 0.693. The number of unbranched alkanes of at least 4 members (excludes halogenated alkanes) is 30. The summed E-state index contributed by atoms with van der Waals surface area (Å²) in [4.78, 5) is 38.4. The van der Waals surface area contributed by atoms with Crippen LogP contribution in [0.15, 0.2) is 122 Å². The zero-order valence-corrected chi connectivity index (χ0v) is 53.0. The topological polar surface area (TPSA) is 78.9 Å². The van der Waals surface area contributed by atoms with Crippen molar-refractivity contribution >= 4 is 17.9 Å². The summed E-state index contributed by atoms with van der Waals surface area (Å²) in [6.45, 7) is 6.42. The van der Waals surface area contributed by atoms with Gasteiger partial charge in [0.25, 0.3) is 0 Å². The number of hydrogen-bond donors (Lipinski definition) is 0. The van der Waals surface area contributed by atoms with Crippen molar-refractivity contribution in [2.24, 2.45) is 0 Å². The highest BCUT2D eigenvalue weighted by molar-refractivity contribution is 5.71. The molecule has 0 saturated carbocycles. The number of ether oxygens (including phenoxy) is 3. The predicted molar refractivity (Wildman–Crippen MR) is 353 cm³/mol. The van der Waals surface area contributed by atoms with Gasteiger partial charge in [0, 0.05) is 19.3 Å². The molecule has 0 aromatic heterocycles. The van der Waals surface area contributed by atoms with Gasteiger partial charge in [-0.2, -0.15) is 0 Å². The third-order valence-electron chi connectivity index (χ3n) is 14.5. The molecular formula is C75H126O6. The van der Waals surface area contributed by atoms with Crippen molar-refractivity contribution in [2.45, 2.75) is 322 Å². The third kappa shape index (κ3) is 66.5. The van der Waals surface area contributed by atoms with E-state index < -0.39 is 6.10 Å². The van der Waals surface area contributed by atoms with Crippen LogP contribution in [0.3, 0.4) is 0 Å². The molecule has 1 atom stereocenters. The van der Waals surface area contributed by atoms with Gasteiger partial charge in [0.15, 0.2) is 6.10 Å². The lowest BCUT2D eigenvalue weighted by Crippen LogP contribution is -2.30. The fourth-order valence-corrected chi connectivity index (χ4v) is 9.44. The minimum Gasteiger partial charge on any atom is -0.462 e. The van der Waals surface area contributed by atoms with Crippen LogP contribution in [0.1, 0.15) is 316 Å². The summed E-state index contributed by atoms with van der Waals surface area (Å²) < 4.78 is 17.0. The first kappa shape index (κ1) is 76.8. The molecule has 0 aliphatic rings. The maximum atomic E-state index is 12.9. The highest BCUT2D eigenvalue weighted by Crippen LogP contribution is 2.17. The van der Waals surface area contributed by atoms with Gasteiger partial charge < -0.3 is 14.2 Å². The van der Waals surface area contributed by atoms with E-state index in [1.807, 2.05) is 0 Å². The largest absolute Gasteiger partial charge is 0.462 e. The number of allylic oxidation sites excluding steroid dienone is 20. The van der Waals surface area contributed by atoms with Crippen molar-refractivity contribution in [3.05, 3.63) is 122 Å². The molecule has 0 N–H and O–H groups in total. The maximum absolute atomic E-state index is 12.9. The van der Waals surface area contributed by atoms with Crippen LogP contribution in [0, 0.1) is 0 Å². The molecule has 0 spiro atoms. The Kier molecular flexibility index (Phi) is 64.8. The molecule has 0 radical (unpaired) electrons. The molecule has 6 heteroatoms. The Hall–Kier alpha value is -4.19. The van der Waals surface area contributed by atoms with Crippen LogP contribution in [0.5, 0.6) is 0 Å². The van der Waals surface area contributed by atoms with Crippen molar-refractivity contribution in [2.75, 3.05) is 13.2 Å². The van der Waals surface area contributed by atoms with Gasteiger partial charge in [-0.25, -0.2) is 0 Å². The lowest BCUT2D eigenvalue weighted by Gasteiger charge is -2.18. The summed E-state index contributed by atoms with van der Waals surface area (Å²) >= 11 is 0. The summed E-state index contributed by atoms with van der Waals surface area (Å²) in [5.74, 6) is -0.910. The monoisotopic (exact) mass is 1120 g/mol. The third-order valence-corrected chi connectivity index (χ3v) is 14.5. The van der Waals surface area contributed by atoms with E-state index in [0.717, 1.165) is 141 Å². The molecule has 0 rings (SSSR count). The molecule has 0 aliphatic heterocycles. The standard InChI is InChI=1S/C75H126O6/c1-4-7-10-13-16-19-22-25-28-31-33-34-35-36-37-38-39-40-42-44-47-50-53-56-59-62-65-68-74(77)80-71-72(70-79-73(76)67-64-61-58-55-52-49-46-43-30-27-24-21-18-15-12-9-6-3)81-75(78)69-66-63-60-57-54-51-48-45-41-32-29-26-23-20-17-14-11-8-5-2/h7,9-10,12,16,18-19,21,25,27-28,30,33-34,36-37,39-40,46,49,72H,4-6,8,11,13-15,17,20,22-24,26,29,31-32,35,38,41-45,47-48,50-71H2,1-3H3/b10-7-,12-9-,19-16-,21-18-,28-25-,30-27-,34-33-,37-36-,40-39-,49-46-. The van der Waals surface area contributed by atoms with Gasteiger partial charge >= 0.3 is 17.9 Å². The minimum absolute atomic E-state index is 0.0904. The summed E-state index contributed by atoms with van der Waals surface area (Å²) in [6.07, 6.45) is 94.9. The lowest BCUT2D eigenvalue weighted by molar-refractivity contribution is -0.167. The Morgan fingerprint density at radius 3 is 0.753 bits per heavy atom. The molecule has 0 aromatic rings. The second-order valence-electron chi connectivity index (χ2n) is 22.3. The molecule has 0 amide bonds. The van der Waals surface area contributed by atoms with Crippen LogP contribution in [0.2, 0.25) is 0 Å². The average Bonchev–Trinajstić information content (AvgIpc) is 3.47. The number of carbonyl (C=O) groups excluding carboxylic acids is 3.